The van der Waals surface area contributed by atoms with E-state index < -0.39 is 28.8 Å². The molecule has 0 aliphatic carbocycles. The molecule has 2 aliphatic heterocycles. The molecule has 0 saturated carbocycles. The number of thioether (sulfide) groups is 2. The second kappa shape index (κ2) is 6.42. The minimum Gasteiger partial charge on any atom is -0.480 e. The number of amides is 1. The highest BCUT2D eigenvalue weighted by atomic mass is 32.2. The normalized spacial score (nSPS) is 27.5. The van der Waals surface area contributed by atoms with Crippen molar-refractivity contribution in [2.45, 2.75) is 42.0 Å². The van der Waals surface area contributed by atoms with Crippen molar-refractivity contribution in [2.75, 3.05) is 6.26 Å². The Bertz CT molecular complexity index is 928. The molecule has 144 valence electrons. The van der Waals surface area contributed by atoms with E-state index in [-0.39, 0.29) is 11.3 Å². The number of carbonyl (C=O) groups is 2. The molecule has 2 aliphatic rings. The number of carboxylic acid groups (broad SMARTS) is 1. The molecule has 1 aromatic carbocycles. The summed E-state index contributed by atoms with van der Waals surface area (Å²) >= 11 is 3.04. The van der Waals surface area contributed by atoms with Gasteiger partial charge >= 0.3 is 5.97 Å². The molecule has 2 fully saturated rings. The van der Waals surface area contributed by atoms with Crippen LogP contribution in [0.1, 0.15) is 25.8 Å². The zero-order valence-corrected chi connectivity index (χ0v) is 16.8. The van der Waals surface area contributed by atoms with Gasteiger partial charge < -0.3 is 19.7 Å². The maximum atomic E-state index is 12.8. The number of aliphatic hydroxyl groups excluding tert-OH is 1. The van der Waals surface area contributed by atoms with Crippen LogP contribution in [0, 0.1) is 5.92 Å². The lowest BCUT2D eigenvalue weighted by atomic mass is 9.87. The van der Waals surface area contributed by atoms with Crippen molar-refractivity contribution in [1.29, 1.82) is 0 Å². The van der Waals surface area contributed by atoms with Crippen molar-refractivity contribution in [3.63, 3.8) is 0 Å². The van der Waals surface area contributed by atoms with Gasteiger partial charge in [0.1, 0.15) is 23.9 Å². The minimum absolute atomic E-state index is 0.319. The smallest absolute Gasteiger partial charge is 0.327 e. The maximum absolute atomic E-state index is 12.8. The fraction of sp³-hybridized carbons (Fsp3) is 0.500. The average Bonchev–Trinajstić information content (AvgIpc) is 3.08. The Hall–Kier alpha value is -1.71. The summed E-state index contributed by atoms with van der Waals surface area (Å²) in [6, 6.07) is 6.74. The highest BCUT2D eigenvalue weighted by molar-refractivity contribution is 8.01. The quantitative estimate of drug-likeness (QED) is 0.733. The number of aromatic nitrogens is 2. The summed E-state index contributed by atoms with van der Waals surface area (Å²) in [7, 11) is 0. The van der Waals surface area contributed by atoms with E-state index in [1.165, 1.54) is 16.7 Å². The van der Waals surface area contributed by atoms with Crippen LogP contribution in [0.2, 0.25) is 0 Å². The van der Waals surface area contributed by atoms with Gasteiger partial charge in [0.25, 0.3) is 0 Å². The molecular formula is C18H21N3O4S2. The number of carbonyl (C=O) groups excluding carboxylic acids is 1. The molecule has 4 atom stereocenters. The summed E-state index contributed by atoms with van der Waals surface area (Å²) in [6.07, 6.45) is 0.891. The summed E-state index contributed by atoms with van der Waals surface area (Å²) in [4.78, 5) is 30.4. The fourth-order valence-electron chi connectivity index (χ4n) is 4.08. The Labute approximate surface area is 165 Å². The molecule has 0 bridgehead atoms. The number of aliphatic hydroxyl groups is 1. The molecule has 7 nitrogen and oxygen atoms in total. The van der Waals surface area contributed by atoms with E-state index in [0.717, 1.165) is 11.0 Å². The van der Waals surface area contributed by atoms with Crippen LogP contribution < -0.4 is 0 Å². The SMILES string of the molecule is CSCn1c([C@@H](O)[C@@H]2C(=O)N3[C@@H]2SC(C)(C)[C@@H]3C(=O)O)nc2ccccc21. The number of fused-ring (bicyclic) bond motifs is 2. The summed E-state index contributed by atoms with van der Waals surface area (Å²) in [5, 5.41) is 20.3. The largest absolute Gasteiger partial charge is 0.480 e. The standard InChI is InChI=1S/C18H21N3O4S2/c1-18(2)13(17(24)25)21-15(23)11(16(21)27-18)12(22)14-19-9-6-4-5-7-10(9)20(14)8-26-3/h4-7,11-13,16,22H,8H2,1-3H3,(H,24,25)/t11-,12+,13+,16-/m1/s1. The van der Waals surface area contributed by atoms with Crippen LogP contribution in [0.15, 0.2) is 24.3 Å². The van der Waals surface area contributed by atoms with Crippen LogP contribution in [0.4, 0.5) is 0 Å². The van der Waals surface area contributed by atoms with Gasteiger partial charge in [-0.3, -0.25) is 4.79 Å². The first-order chi connectivity index (χ1) is 12.8. The van der Waals surface area contributed by atoms with Crippen LogP contribution in [0.3, 0.4) is 0 Å². The number of para-hydroxylation sites is 2. The molecule has 0 spiro atoms. The Morgan fingerprint density at radius 3 is 2.78 bits per heavy atom. The van der Waals surface area contributed by atoms with Crippen molar-refractivity contribution >= 4 is 46.4 Å². The fourth-order valence-corrected chi connectivity index (χ4v) is 6.32. The van der Waals surface area contributed by atoms with Gasteiger partial charge in [-0.25, -0.2) is 9.78 Å². The van der Waals surface area contributed by atoms with E-state index in [1.54, 1.807) is 11.8 Å². The van der Waals surface area contributed by atoms with Crippen LogP contribution in [-0.2, 0) is 15.5 Å². The second-order valence-electron chi connectivity index (χ2n) is 7.37. The van der Waals surface area contributed by atoms with E-state index in [1.807, 2.05) is 48.9 Å². The summed E-state index contributed by atoms with van der Waals surface area (Å²) in [5.74, 6) is -0.943. The van der Waals surface area contributed by atoms with Gasteiger partial charge in [0.05, 0.1) is 22.3 Å². The molecule has 2 saturated heterocycles. The molecule has 3 heterocycles. The van der Waals surface area contributed by atoms with Gasteiger partial charge in [0, 0.05) is 4.75 Å². The first kappa shape index (κ1) is 18.6. The van der Waals surface area contributed by atoms with Crippen LogP contribution in [-0.4, -0.2) is 59.0 Å². The number of β-lactam (4-membered cyclic amide) rings is 1. The van der Waals surface area contributed by atoms with E-state index in [9.17, 15) is 19.8 Å². The lowest BCUT2D eigenvalue weighted by Crippen LogP contribution is -2.64. The van der Waals surface area contributed by atoms with Gasteiger partial charge in [-0.2, -0.15) is 0 Å². The van der Waals surface area contributed by atoms with Gasteiger partial charge in [-0.05, 0) is 32.2 Å². The molecule has 0 radical (unpaired) electrons. The monoisotopic (exact) mass is 407 g/mol. The van der Waals surface area contributed by atoms with Crippen molar-refractivity contribution in [2.24, 2.45) is 5.92 Å². The van der Waals surface area contributed by atoms with Crippen LogP contribution in [0.25, 0.3) is 11.0 Å². The number of carboxylic acids is 1. The Kier molecular flexibility index (Phi) is 4.44. The van der Waals surface area contributed by atoms with E-state index >= 15 is 0 Å². The van der Waals surface area contributed by atoms with Crippen molar-refractivity contribution in [3.8, 4) is 0 Å². The Morgan fingerprint density at radius 1 is 1.41 bits per heavy atom. The predicted molar refractivity (Wildman–Crippen MR) is 105 cm³/mol. The lowest BCUT2D eigenvalue weighted by Gasteiger charge is -2.45. The number of aliphatic carboxylic acids is 1. The van der Waals surface area contributed by atoms with E-state index in [2.05, 4.69) is 4.98 Å². The molecule has 0 unspecified atom stereocenters. The summed E-state index contributed by atoms with van der Waals surface area (Å²) in [5.41, 5.74) is 1.68. The predicted octanol–water partition coefficient (Wildman–Crippen LogP) is 2.15. The third-order valence-electron chi connectivity index (χ3n) is 5.26. The third kappa shape index (κ3) is 2.67. The molecule has 9 heteroatoms. The number of rotatable bonds is 5. The number of hydrogen-bond acceptors (Lipinski definition) is 6. The first-order valence-electron chi connectivity index (χ1n) is 8.63. The topological polar surface area (TPSA) is 95.7 Å². The van der Waals surface area contributed by atoms with Crippen LogP contribution in [0.5, 0.6) is 0 Å². The van der Waals surface area contributed by atoms with Gasteiger partial charge in [-0.15, -0.1) is 23.5 Å². The third-order valence-corrected chi connectivity index (χ3v) is 7.37. The van der Waals surface area contributed by atoms with E-state index in [4.69, 9.17) is 0 Å². The summed E-state index contributed by atoms with van der Waals surface area (Å²) < 4.78 is 1.32. The number of imidazole rings is 1. The minimum atomic E-state index is -1.07. The number of benzene rings is 1. The second-order valence-corrected chi connectivity index (χ2v) is 9.98. The molecule has 1 amide bonds. The molecule has 27 heavy (non-hydrogen) atoms. The van der Waals surface area contributed by atoms with Gasteiger partial charge in [-0.1, -0.05) is 12.1 Å². The molecule has 2 aromatic rings. The molecule has 2 N–H and O–H groups in total. The van der Waals surface area contributed by atoms with Crippen molar-refractivity contribution in [3.05, 3.63) is 30.1 Å². The zero-order chi connectivity index (χ0) is 19.5. The number of hydrogen-bond donors (Lipinski definition) is 2. The number of nitrogens with zero attached hydrogens (tertiary/aromatic N) is 3. The van der Waals surface area contributed by atoms with Crippen molar-refractivity contribution < 1.29 is 19.8 Å². The highest BCUT2D eigenvalue weighted by Gasteiger charge is 2.65. The Balaban J connectivity index is 1.70. The highest BCUT2D eigenvalue weighted by Crippen LogP contribution is 2.56. The van der Waals surface area contributed by atoms with Gasteiger partial charge in [0.15, 0.2) is 0 Å². The molecule has 1 aromatic heterocycles. The zero-order valence-electron chi connectivity index (χ0n) is 15.2. The first-order valence-corrected chi connectivity index (χ1v) is 10.9. The Morgan fingerprint density at radius 2 is 2.11 bits per heavy atom. The maximum Gasteiger partial charge on any atom is 0.327 e. The molecular weight excluding hydrogens is 386 g/mol. The molecule has 4 rings (SSSR count). The average molecular weight is 408 g/mol. The lowest BCUT2D eigenvalue weighted by molar-refractivity contribution is -0.169. The van der Waals surface area contributed by atoms with Crippen molar-refractivity contribution in [1.82, 2.24) is 14.5 Å². The van der Waals surface area contributed by atoms with E-state index in [0.29, 0.717) is 11.7 Å². The van der Waals surface area contributed by atoms with Gasteiger partial charge in [0.2, 0.25) is 5.91 Å². The summed E-state index contributed by atoms with van der Waals surface area (Å²) in [6.45, 7) is 3.66. The van der Waals surface area contributed by atoms with Crippen LogP contribution >= 0.6 is 23.5 Å².